The lowest BCUT2D eigenvalue weighted by Crippen LogP contribution is -2.33. The van der Waals surface area contributed by atoms with E-state index in [4.69, 9.17) is 5.21 Å². The van der Waals surface area contributed by atoms with E-state index >= 15 is 0 Å². The summed E-state index contributed by atoms with van der Waals surface area (Å²) >= 11 is 0. The van der Waals surface area contributed by atoms with Gasteiger partial charge >= 0.3 is 0 Å². The highest BCUT2D eigenvalue weighted by Crippen LogP contribution is 2.33. The number of hydroxylamine groups is 1. The summed E-state index contributed by atoms with van der Waals surface area (Å²) in [6.45, 7) is 5.58. The van der Waals surface area contributed by atoms with Crippen LogP contribution in [0.1, 0.15) is 48.2 Å². The van der Waals surface area contributed by atoms with Gasteiger partial charge < -0.3 is 4.98 Å². The first kappa shape index (κ1) is 20.4. The van der Waals surface area contributed by atoms with Gasteiger partial charge in [0.15, 0.2) is 0 Å². The van der Waals surface area contributed by atoms with E-state index in [0.717, 1.165) is 18.5 Å². The Morgan fingerprint density at radius 1 is 1.27 bits per heavy atom. The Morgan fingerprint density at radius 3 is 2.80 bits per heavy atom. The first-order valence-corrected chi connectivity index (χ1v) is 10.6. The summed E-state index contributed by atoms with van der Waals surface area (Å²) in [5.41, 5.74) is 7.76. The maximum Gasteiger partial charge on any atom is 0.267 e. The van der Waals surface area contributed by atoms with Crippen LogP contribution in [0.2, 0.25) is 0 Å². The number of H-pyrrole nitrogens is 1. The van der Waals surface area contributed by atoms with Crippen LogP contribution in [0.4, 0.5) is 0 Å². The molecule has 30 heavy (non-hydrogen) atoms. The number of benzene rings is 2. The molecule has 1 amide bonds. The van der Waals surface area contributed by atoms with Crippen LogP contribution in [-0.4, -0.2) is 33.6 Å². The van der Waals surface area contributed by atoms with Crippen molar-refractivity contribution in [3.05, 3.63) is 77.0 Å². The maximum atomic E-state index is 11.1. The minimum absolute atomic E-state index is 0.335. The first-order valence-electron chi connectivity index (χ1n) is 10.6. The van der Waals surface area contributed by atoms with Crippen LogP contribution in [0.25, 0.3) is 17.0 Å². The van der Waals surface area contributed by atoms with Crippen LogP contribution < -0.4 is 5.48 Å². The van der Waals surface area contributed by atoms with E-state index in [2.05, 4.69) is 60.1 Å². The zero-order valence-electron chi connectivity index (χ0n) is 17.6. The van der Waals surface area contributed by atoms with Crippen molar-refractivity contribution in [2.45, 2.75) is 45.2 Å². The number of aryl methyl sites for hydroxylation is 1. The van der Waals surface area contributed by atoms with Crippen molar-refractivity contribution in [2.24, 2.45) is 0 Å². The molecule has 3 N–H and O–H groups in total. The number of hydrogen-bond donors (Lipinski definition) is 3. The normalized spacial score (nSPS) is 18.3. The number of carbonyl (C=O) groups is 1. The molecule has 0 aliphatic carbocycles. The fourth-order valence-corrected chi connectivity index (χ4v) is 4.71. The number of rotatable bonds is 6. The minimum Gasteiger partial charge on any atom is -0.358 e. The van der Waals surface area contributed by atoms with E-state index in [1.807, 2.05) is 12.1 Å². The van der Waals surface area contributed by atoms with Gasteiger partial charge in [-0.3, -0.25) is 14.9 Å². The van der Waals surface area contributed by atoms with Gasteiger partial charge in [0.05, 0.1) is 0 Å². The van der Waals surface area contributed by atoms with E-state index in [9.17, 15) is 4.79 Å². The molecular weight excluding hydrogens is 374 g/mol. The van der Waals surface area contributed by atoms with Crippen molar-refractivity contribution in [2.75, 3.05) is 6.54 Å². The van der Waals surface area contributed by atoms with E-state index in [1.165, 1.54) is 46.6 Å². The van der Waals surface area contributed by atoms with Gasteiger partial charge in [0, 0.05) is 34.8 Å². The number of aromatic nitrogens is 1. The quantitative estimate of drug-likeness (QED) is 0.316. The van der Waals surface area contributed by atoms with Crippen LogP contribution in [0.15, 0.2) is 54.6 Å². The molecule has 5 nitrogen and oxygen atoms in total. The smallest absolute Gasteiger partial charge is 0.267 e. The molecule has 0 saturated carbocycles. The molecular formula is C25H29N3O2. The molecule has 3 aromatic rings. The van der Waals surface area contributed by atoms with Crippen LogP contribution in [-0.2, 0) is 11.2 Å². The largest absolute Gasteiger partial charge is 0.358 e. The van der Waals surface area contributed by atoms with Crippen LogP contribution >= 0.6 is 0 Å². The van der Waals surface area contributed by atoms with Crippen molar-refractivity contribution in [3.63, 3.8) is 0 Å². The fraction of sp³-hybridized carbons (Fsp3) is 0.320. The third kappa shape index (κ3) is 4.18. The Hall–Kier alpha value is -2.89. The minimum atomic E-state index is -0.528. The molecule has 0 spiro atoms. The van der Waals surface area contributed by atoms with E-state index in [0.29, 0.717) is 12.1 Å². The summed E-state index contributed by atoms with van der Waals surface area (Å²) in [6, 6.07) is 17.7. The second kappa shape index (κ2) is 8.86. The topological polar surface area (TPSA) is 68.4 Å². The zero-order valence-corrected chi connectivity index (χ0v) is 17.6. The SMILES string of the molecule is Cc1[nH]c2ccccc2c1CC1CCCN1[C@H](C)c1ccc(C=CC(=O)NO)cc1. The lowest BCUT2D eigenvalue weighted by atomic mass is 9.98. The van der Waals surface area contributed by atoms with Crippen LogP contribution in [0.3, 0.4) is 0 Å². The standard InChI is InChI=1S/C25H29N3O2/c1-17-23(22-7-3-4-8-24(22)26-17)16-21-6-5-15-28(21)18(2)20-12-9-19(10-13-20)11-14-25(29)27-30/h3-4,7-14,18,21,26,30H,5-6,15-16H2,1-2H3,(H,27,29)/t18-,21?/m1/s1. The number of amides is 1. The fourth-order valence-electron chi connectivity index (χ4n) is 4.71. The summed E-state index contributed by atoms with van der Waals surface area (Å²) in [4.78, 5) is 17.3. The first-order chi connectivity index (χ1) is 14.6. The number of para-hydroxylation sites is 1. The molecule has 2 heterocycles. The van der Waals surface area contributed by atoms with Gasteiger partial charge in [-0.1, -0.05) is 42.5 Å². The lowest BCUT2D eigenvalue weighted by Gasteiger charge is -2.31. The average molecular weight is 404 g/mol. The van der Waals surface area contributed by atoms with Gasteiger partial charge in [-0.05, 0) is 68.5 Å². The highest BCUT2D eigenvalue weighted by atomic mass is 16.5. The summed E-state index contributed by atoms with van der Waals surface area (Å²) in [5, 5.41) is 9.93. The molecule has 4 rings (SSSR count). The number of carbonyl (C=O) groups excluding carboxylic acids is 1. The maximum absolute atomic E-state index is 11.1. The van der Waals surface area contributed by atoms with Crippen LogP contribution in [0, 0.1) is 6.92 Å². The third-order valence-electron chi connectivity index (χ3n) is 6.34. The Bertz CT molecular complexity index is 1050. The Balaban J connectivity index is 1.49. The predicted octanol–water partition coefficient (Wildman–Crippen LogP) is 4.76. The molecule has 2 aromatic carbocycles. The third-order valence-corrected chi connectivity index (χ3v) is 6.34. The molecule has 1 unspecified atom stereocenters. The van der Waals surface area contributed by atoms with Crippen molar-refractivity contribution in [1.29, 1.82) is 0 Å². The molecule has 1 saturated heterocycles. The Kier molecular flexibility index (Phi) is 6.02. The molecule has 1 aliphatic rings. The zero-order chi connectivity index (χ0) is 21.1. The molecule has 0 radical (unpaired) electrons. The molecule has 2 atom stereocenters. The van der Waals surface area contributed by atoms with Gasteiger partial charge in [-0.15, -0.1) is 0 Å². The van der Waals surface area contributed by atoms with Crippen molar-refractivity contribution < 1.29 is 10.0 Å². The van der Waals surface area contributed by atoms with Crippen molar-refractivity contribution in [3.8, 4) is 0 Å². The van der Waals surface area contributed by atoms with Crippen molar-refractivity contribution >= 4 is 22.9 Å². The van der Waals surface area contributed by atoms with Gasteiger partial charge in [0.2, 0.25) is 0 Å². The lowest BCUT2D eigenvalue weighted by molar-refractivity contribution is -0.124. The second-order valence-electron chi connectivity index (χ2n) is 8.16. The van der Waals surface area contributed by atoms with Crippen LogP contribution in [0.5, 0.6) is 0 Å². The molecule has 1 fully saturated rings. The van der Waals surface area contributed by atoms with E-state index < -0.39 is 5.91 Å². The summed E-state index contributed by atoms with van der Waals surface area (Å²) in [6.07, 6.45) is 6.53. The molecule has 0 bridgehead atoms. The monoisotopic (exact) mass is 403 g/mol. The number of aromatic amines is 1. The predicted molar refractivity (Wildman–Crippen MR) is 120 cm³/mol. The number of nitrogens with one attached hydrogen (secondary N) is 2. The second-order valence-corrected chi connectivity index (χ2v) is 8.16. The van der Waals surface area contributed by atoms with E-state index in [-0.39, 0.29) is 0 Å². The summed E-state index contributed by atoms with van der Waals surface area (Å²) in [7, 11) is 0. The number of nitrogens with zero attached hydrogens (tertiary/aromatic N) is 1. The highest BCUT2D eigenvalue weighted by Gasteiger charge is 2.30. The Labute approximate surface area is 177 Å². The number of hydrogen-bond acceptors (Lipinski definition) is 3. The van der Waals surface area contributed by atoms with Gasteiger partial charge in [0.25, 0.3) is 5.91 Å². The number of fused-ring (bicyclic) bond motifs is 1. The Morgan fingerprint density at radius 2 is 2.03 bits per heavy atom. The molecule has 5 heteroatoms. The average Bonchev–Trinajstić information content (AvgIpc) is 3.36. The van der Waals surface area contributed by atoms with Gasteiger partial charge in [0.1, 0.15) is 0 Å². The summed E-state index contributed by atoms with van der Waals surface area (Å²) < 4.78 is 0. The van der Waals surface area contributed by atoms with Gasteiger partial charge in [-0.25, -0.2) is 5.48 Å². The molecule has 1 aromatic heterocycles. The molecule has 1 aliphatic heterocycles. The highest BCUT2D eigenvalue weighted by molar-refractivity contribution is 5.90. The number of likely N-dealkylation sites (tertiary alicyclic amines) is 1. The molecule has 156 valence electrons. The van der Waals surface area contributed by atoms with Gasteiger partial charge in [-0.2, -0.15) is 0 Å². The van der Waals surface area contributed by atoms with Crippen molar-refractivity contribution in [1.82, 2.24) is 15.4 Å². The van der Waals surface area contributed by atoms with E-state index in [1.54, 1.807) is 11.6 Å². The summed E-state index contributed by atoms with van der Waals surface area (Å²) in [5.74, 6) is -0.528.